The monoisotopic (exact) mass is 422 g/mol. The number of halogens is 1. The van der Waals surface area contributed by atoms with Gasteiger partial charge in [-0.25, -0.2) is 4.39 Å². The van der Waals surface area contributed by atoms with E-state index in [1.165, 1.54) is 17.4 Å². The number of carbonyl (C=O) groups excluding carboxylic acids is 1. The Hall–Kier alpha value is -3.39. The Labute approximate surface area is 176 Å². The van der Waals surface area contributed by atoms with E-state index < -0.39 is 6.04 Å². The molecule has 0 aliphatic carbocycles. The van der Waals surface area contributed by atoms with Gasteiger partial charge in [-0.1, -0.05) is 37.2 Å². The van der Waals surface area contributed by atoms with Crippen molar-refractivity contribution in [2.45, 2.75) is 19.9 Å². The summed E-state index contributed by atoms with van der Waals surface area (Å²) in [4.78, 5) is 22.4. The summed E-state index contributed by atoms with van der Waals surface area (Å²) in [6.45, 7) is 3.92. The van der Waals surface area contributed by atoms with E-state index in [2.05, 4.69) is 20.4 Å². The van der Waals surface area contributed by atoms with Crippen molar-refractivity contribution in [3.8, 4) is 21.8 Å². The van der Waals surface area contributed by atoms with E-state index in [1.807, 2.05) is 13.8 Å². The number of amides is 1. The second-order valence-corrected chi connectivity index (χ2v) is 8.11. The summed E-state index contributed by atoms with van der Waals surface area (Å²) in [7, 11) is 0. The number of nitrogens with zero attached hydrogens (tertiary/aromatic N) is 3. The average molecular weight is 422 g/mol. The van der Waals surface area contributed by atoms with Gasteiger partial charge in [-0.2, -0.15) is 4.98 Å². The Morgan fingerprint density at radius 1 is 1.10 bits per heavy atom. The Balaban J connectivity index is 1.54. The van der Waals surface area contributed by atoms with Gasteiger partial charge in [0.05, 0.1) is 4.88 Å². The van der Waals surface area contributed by atoms with Gasteiger partial charge in [0, 0.05) is 28.4 Å². The van der Waals surface area contributed by atoms with Crippen LogP contribution in [0.4, 0.5) is 4.39 Å². The third-order valence-electron chi connectivity index (χ3n) is 4.57. The van der Waals surface area contributed by atoms with Gasteiger partial charge in [0.2, 0.25) is 11.7 Å². The lowest BCUT2D eigenvalue weighted by molar-refractivity contribution is 0.0918. The van der Waals surface area contributed by atoms with Crippen molar-refractivity contribution < 1.29 is 13.7 Å². The highest BCUT2D eigenvalue weighted by Crippen LogP contribution is 2.31. The fourth-order valence-corrected chi connectivity index (χ4v) is 3.91. The van der Waals surface area contributed by atoms with Gasteiger partial charge in [0.25, 0.3) is 5.91 Å². The number of nitrogens with one attached hydrogen (secondary N) is 1. The molecule has 0 fully saturated rings. The smallest absolute Gasteiger partial charge is 0.262 e. The number of carbonyl (C=O) groups is 1. The minimum absolute atomic E-state index is 0.0192. The number of pyridine rings is 1. The van der Waals surface area contributed by atoms with Crippen molar-refractivity contribution in [2.75, 3.05) is 0 Å². The van der Waals surface area contributed by atoms with Crippen LogP contribution in [0.3, 0.4) is 0 Å². The van der Waals surface area contributed by atoms with Crippen LogP contribution in [0, 0.1) is 11.7 Å². The molecule has 1 unspecified atom stereocenters. The van der Waals surface area contributed by atoms with Crippen LogP contribution in [-0.2, 0) is 0 Å². The van der Waals surface area contributed by atoms with Crippen LogP contribution < -0.4 is 5.32 Å². The molecule has 0 radical (unpaired) electrons. The van der Waals surface area contributed by atoms with Crippen LogP contribution in [0.5, 0.6) is 0 Å². The Kier molecular flexibility index (Phi) is 5.67. The lowest BCUT2D eigenvalue weighted by atomic mass is 10.0. The maximum Gasteiger partial charge on any atom is 0.262 e. The van der Waals surface area contributed by atoms with E-state index in [0.717, 1.165) is 5.56 Å². The summed E-state index contributed by atoms with van der Waals surface area (Å²) in [5.41, 5.74) is 1.25. The molecule has 1 atom stereocenters. The quantitative estimate of drug-likeness (QED) is 0.466. The summed E-state index contributed by atoms with van der Waals surface area (Å²) in [5.74, 6) is 0.192. The van der Waals surface area contributed by atoms with E-state index in [1.54, 1.807) is 54.9 Å². The molecule has 1 N–H and O–H groups in total. The zero-order valence-electron chi connectivity index (χ0n) is 16.4. The molecule has 1 amide bonds. The molecule has 3 heterocycles. The molecule has 30 heavy (non-hydrogen) atoms. The van der Waals surface area contributed by atoms with Crippen LogP contribution in [0.2, 0.25) is 0 Å². The van der Waals surface area contributed by atoms with Gasteiger partial charge in [0.1, 0.15) is 11.9 Å². The first-order valence-electron chi connectivity index (χ1n) is 9.42. The molecule has 8 heteroatoms. The normalized spacial score (nSPS) is 12.1. The highest BCUT2D eigenvalue weighted by molar-refractivity contribution is 7.17. The van der Waals surface area contributed by atoms with E-state index in [4.69, 9.17) is 4.52 Å². The minimum atomic E-state index is -0.459. The van der Waals surface area contributed by atoms with Gasteiger partial charge in [0.15, 0.2) is 0 Å². The predicted octanol–water partition coefficient (Wildman–Crippen LogP) is 5.13. The number of aromatic nitrogens is 3. The van der Waals surface area contributed by atoms with Crippen LogP contribution in [0.1, 0.15) is 35.5 Å². The summed E-state index contributed by atoms with van der Waals surface area (Å²) in [6.07, 6.45) is 3.30. The highest BCUT2D eigenvalue weighted by Gasteiger charge is 2.26. The number of rotatable bonds is 6. The van der Waals surface area contributed by atoms with E-state index in [9.17, 15) is 9.18 Å². The number of thiophene rings is 1. The molecule has 0 aliphatic heterocycles. The van der Waals surface area contributed by atoms with E-state index in [-0.39, 0.29) is 17.6 Å². The first-order valence-corrected chi connectivity index (χ1v) is 10.2. The minimum Gasteiger partial charge on any atom is -0.339 e. The SMILES string of the molecule is CC(C)C(NC(=O)c1ccc(-c2ccccc2F)s1)c1nc(-c2ccncc2)no1. The number of hydrogen-bond acceptors (Lipinski definition) is 6. The molecule has 152 valence electrons. The Morgan fingerprint density at radius 3 is 2.60 bits per heavy atom. The van der Waals surface area contributed by atoms with Crippen LogP contribution >= 0.6 is 11.3 Å². The lowest BCUT2D eigenvalue weighted by Crippen LogP contribution is -2.31. The molecule has 4 aromatic rings. The first-order chi connectivity index (χ1) is 14.5. The fraction of sp³-hybridized carbons (Fsp3) is 0.182. The van der Waals surface area contributed by atoms with Crippen molar-refractivity contribution in [3.63, 3.8) is 0 Å². The largest absolute Gasteiger partial charge is 0.339 e. The van der Waals surface area contributed by atoms with Crippen LogP contribution in [0.25, 0.3) is 21.8 Å². The zero-order valence-corrected chi connectivity index (χ0v) is 17.2. The molecule has 4 rings (SSSR count). The molecule has 0 spiro atoms. The van der Waals surface area contributed by atoms with Crippen molar-refractivity contribution in [3.05, 3.63) is 77.5 Å². The Morgan fingerprint density at radius 2 is 1.87 bits per heavy atom. The summed E-state index contributed by atoms with van der Waals surface area (Å²) in [6, 6.07) is 13.0. The molecule has 0 bridgehead atoms. The number of hydrogen-bond donors (Lipinski definition) is 1. The predicted molar refractivity (Wildman–Crippen MR) is 112 cm³/mol. The van der Waals surface area contributed by atoms with E-state index >= 15 is 0 Å². The average Bonchev–Trinajstić information content (AvgIpc) is 3.43. The maximum atomic E-state index is 14.0. The standard InChI is InChI=1S/C22H19FN4O2S/c1-13(2)19(22-26-20(27-29-22)14-9-11-24-12-10-14)25-21(28)18-8-7-17(30-18)15-5-3-4-6-16(15)23/h3-13,19H,1-2H3,(H,25,28). The van der Waals surface area contributed by atoms with Crippen molar-refractivity contribution in [1.82, 2.24) is 20.4 Å². The van der Waals surface area contributed by atoms with Gasteiger partial charge in [-0.05, 0) is 36.2 Å². The third kappa shape index (κ3) is 4.13. The second kappa shape index (κ2) is 8.54. The zero-order chi connectivity index (χ0) is 21.1. The van der Waals surface area contributed by atoms with Crippen molar-refractivity contribution >= 4 is 17.2 Å². The van der Waals surface area contributed by atoms with Gasteiger partial charge >= 0.3 is 0 Å². The van der Waals surface area contributed by atoms with Crippen molar-refractivity contribution in [2.24, 2.45) is 5.92 Å². The van der Waals surface area contributed by atoms with E-state index in [0.29, 0.717) is 27.0 Å². The summed E-state index contributed by atoms with van der Waals surface area (Å²) < 4.78 is 19.5. The summed E-state index contributed by atoms with van der Waals surface area (Å²) >= 11 is 1.23. The summed E-state index contributed by atoms with van der Waals surface area (Å²) in [5, 5.41) is 6.98. The number of benzene rings is 1. The fourth-order valence-electron chi connectivity index (χ4n) is 2.97. The molecule has 0 saturated carbocycles. The molecular formula is C22H19FN4O2S. The molecular weight excluding hydrogens is 403 g/mol. The third-order valence-corrected chi connectivity index (χ3v) is 5.69. The van der Waals surface area contributed by atoms with Gasteiger partial charge in [-0.15, -0.1) is 11.3 Å². The molecule has 0 aliphatic rings. The molecule has 6 nitrogen and oxygen atoms in total. The Bertz CT molecular complexity index is 1160. The maximum absolute atomic E-state index is 14.0. The van der Waals surface area contributed by atoms with Crippen LogP contribution in [0.15, 0.2) is 65.4 Å². The topological polar surface area (TPSA) is 80.9 Å². The highest BCUT2D eigenvalue weighted by atomic mass is 32.1. The second-order valence-electron chi connectivity index (χ2n) is 7.03. The van der Waals surface area contributed by atoms with Gasteiger partial charge < -0.3 is 9.84 Å². The first kappa shape index (κ1) is 19.9. The lowest BCUT2D eigenvalue weighted by Gasteiger charge is -2.18. The molecule has 3 aromatic heterocycles. The van der Waals surface area contributed by atoms with Crippen LogP contribution in [-0.4, -0.2) is 21.0 Å². The molecule has 1 aromatic carbocycles. The molecule has 0 saturated heterocycles. The van der Waals surface area contributed by atoms with Gasteiger partial charge in [-0.3, -0.25) is 9.78 Å². The van der Waals surface area contributed by atoms with Crippen molar-refractivity contribution in [1.29, 1.82) is 0 Å².